The zero-order valence-corrected chi connectivity index (χ0v) is 9.19. The minimum atomic E-state index is -0.896. The van der Waals surface area contributed by atoms with Crippen molar-refractivity contribution in [3.8, 4) is 0 Å². The van der Waals surface area contributed by atoms with Gasteiger partial charge in [0.25, 0.3) is 0 Å². The largest absolute Gasteiger partial charge is 0.480 e. The number of allylic oxidation sites excluding steroid dienone is 1. The molecule has 1 aliphatic rings. The van der Waals surface area contributed by atoms with E-state index in [0.29, 0.717) is 18.5 Å². The van der Waals surface area contributed by atoms with Gasteiger partial charge in [0.2, 0.25) is 5.91 Å². The van der Waals surface area contributed by atoms with E-state index in [0.717, 1.165) is 12.8 Å². The van der Waals surface area contributed by atoms with Crippen molar-refractivity contribution in [2.75, 3.05) is 6.54 Å². The van der Waals surface area contributed by atoms with Gasteiger partial charge in [-0.05, 0) is 33.1 Å². The molecule has 84 valence electrons. The lowest BCUT2D eigenvalue weighted by molar-refractivity contribution is -0.150. The van der Waals surface area contributed by atoms with Crippen LogP contribution in [0.15, 0.2) is 11.6 Å². The van der Waals surface area contributed by atoms with Crippen molar-refractivity contribution in [1.82, 2.24) is 4.90 Å². The molecule has 1 atom stereocenters. The number of amides is 1. The first kappa shape index (κ1) is 11.8. The fourth-order valence-corrected chi connectivity index (χ4v) is 1.78. The van der Waals surface area contributed by atoms with Crippen molar-refractivity contribution >= 4 is 11.9 Å². The number of carboxylic acids is 1. The first-order valence-electron chi connectivity index (χ1n) is 5.24. The molecule has 1 rings (SSSR count). The average Bonchev–Trinajstić information content (AvgIpc) is 2.27. The third kappa shape index (κ3) is 2.58. The van der Waals surface area contributed by atoms with Gasteiger partial charge in [-0.25, -0.2) is 4.79 Å². The van der Waals surface area contributed by atoms with E-state index in [4.69, 9.17) is 5.11 Å². The number of aliphatic carboxylic acids is 1. The quantitative estimate of drug-likeness (QED) is 0.703. The monoisotopic (exact) mass is 211 g/mol. The number of likely N-dealkylation sites (tertiary alicyclic amines) is 1. The SMILES string of the molecule is C/C=C(/C)C(=O)N1CCCCC1C(=O)O. The molecule has 1 fully saturated rings. The Balaban J connectivity index is 2.81. The zero-order chi connectivity index (χ0) is 11.4. The molecule has 0 bridgehead atoms. The fourth-order valence-electron chi connectivity index (χ4n) is 1.78. The molecule has 0 aliphatic carbocycles. The second-order valence-electron chi connectivity index (χ2n) is 3.82. The first-order chi connectivity index (χ1) is 7.07. The van der Waals surface area contributed by atoms with E-state index in [1.807, 2.05) is 0 Å². The van der Waals surface area contributed by atoms with Gasteiger partial charge in [-0.2, -0.15) is 0 Å². The minimum absolute atomic E-state index is 0.149. The van der Waals surface area contributed by atoms with Crippen molar-refractivity contribution in [2.45, 2.75) is 39.2 Å². The van der Waals surface area contributed by atoms with Crippen molar-refractivity contribution in [3.63, 3.8) is 0 Å². The van der Waals surface area contributed by atoms with Crippen molar-refractivity contribution in [3.05, 3.63) is 11.6 Å². The van der Waals surface area contributed by atoms with E-state index in [1.54, 1.807) is 19.9 Å². The van der Waals surface area contributed by atoms with Crippen LogP contribution in [0.2, 0.25) is 0 Å². The number of hydrogen-bond donors (Lipinski definition) is 1. The lowest BCUT2D eigenvalue weighted by atomic mass is 10.0. The highest BCUT2D eigenvalue weighted by Gasteiger charge is 2.31. The maximum Gasteiger partial charge on any atom is 0.326 e. The molecule has 4 heteroatoms. The summed E-state index contributed by atoms with van der Waals surface area (Å²) in [5.41, 5.74) is 0.614. The number of carbonyl (C=O) groups is 2. The molecule has 1 heterocycles. The summed E-state index contributed by atoms with van der Waals surface area (Å²) in [5, 5.41) is 9.00. The molecule has 0 aromatic rings. The van der Waals surface area contributed by atoms with Crippen LogP contribution in [0.25, 0.3) is 0 Å². The third-order valence-electron chi connectivity index (χ3n) is 2.82. The molecule has 1 saturated heterocycles. The van der Waals surface area contributed by atoms with Crippen LogP contribution < -0.4 is 0 Å². The van der Waals surface area contributed by atoms with Crippen molar-refractivity contribution < 1.29 is 14.7 Å². The normalized spacial score (nSPS) is 22.7. The molecule has 0 saturated carbocycles. The van der Waals surface area contributed by atoms with Crippen LogP contribution in [-0.2, 0) is 9.59 Å². The Morgan fingerprint density at radius 1 is 1.40 bits per heavy atom. The van der Waals surface area contributed by atoms with Gasteiger partial charge in [-0.1, -0.05) is 6.08 Å². The van der Waals surface area contributed by atoms with Gasteiger partial charge < -0.3 is 10.0 Å². The van der Waals surface area contributed by atoms with Gasteiger partial charge >= 0.3 is 5.97 Å². The molecule has 15 heavy (non-hydrogen) atoms. The van der Waals surface area contributed by atoms with Crippen LogP contribution in [0.5, 0.6) is 0 Å². The summed E-state index contributed by atoms with van der Waals surface area (Å²) in [7, 11) is 0. The molecule has 0 aromatic heterocycles. The first-order valence-corrected chi connectivity index (χ1v) is 5.24. The molecule has 1 N–H and O–H groups in total. The maximum absolute atomic E-state index is 11.8. The number of carbonyl (C=O) groups excluding carboxylic acids is 1. The van der Waals surface area contributed by atoms with Gasteiger partial charge in [-0.3, -0.25) is 4.79 Å². The summed E-state index contributed by atoms with van der Waals surface area (Å²) >= 11 is 0. The number of rotatable bonds is 2. The number of carboxylic acid groups (broad SMARTS) is 1. The van der Waals surface area contributed by atoms with Crippen LogP contribution in [0.4, 0.5) is 0 Å². The topological polar surface area (TPSA) is 57.6 Å². The summed E-state index contributed by atoms with van der Waals surface area (Å²) in [6, 6.07) is -0.638. The van der Waals surface area contributed by atoms with E-state index in [2.05, 4.69) is 0 Å². The Labute approximate surface area is 89.6 Å². The lowest BCUT2D eigenvalue weighted by Gasteiger charge is -2.33. The van der Waals surface area contributed by atoms with E-state index >= 15 is 0 Å². The van der Waals surface area contributed by atoms with Crippen LogP contribution in [0.3, 0.4) is 0 Å². The van der Waals surface area contributed by atoms with Gasteiger partial charge in [0.1, 0.15) is 6.04 Å². The minimum Gasteiger partial charge on any atom is -0.480 e. The Bertz CT molecular complexity index is 296. The summed E-state index contributed by atoms with van der Waals surface area (Å²) in [6.07, 6.45) is 4.07. The standard InChI is InChI=1S/C11H17NO3/c1-3-8(2)10(13)12-7-5-4-6-9(12)11(14)15/h3,9H,4-7H2,1-2H3,(H,14,15)/b8-3-. The van der Waals surface area contributed by atoms with E-state index in [-0.39, 0.29) is 5.91 Å². The van der Waals surface area contributed by atoms with Crippen LogP contribution in [0, 0.1) is 0 Å². The van der Waals surface area contributed by atoms with Crippen molar-refractivity contribution in [2.24, 2.45) is 0 Å². The molecular weight excluding hydrogens is 194 g/mol. The second kappa shape index (κ2) is 4.96. The van der Waals surface area contributed by atoms with Crippen LogP contribution in [-0.4, -0.2) is 34.5 Å². The van der Waals surface area contributed by atoms with E-state index < -0.39 is 12.0 Å². The molecule has 1 aliphatic heterocycles. The Morgan fingerprint density at radius 2 is 2.07 bits per heavy atom. The third-order valence-corrected chi connectivity index (χ3v) is 2.82. The van der Waals surface area contributed by atoms with Gasteiger partial charge in [-0.15, -0.1) is 0 Å². The zero-order valence-electron chi connectivity index (χ0n) is 9.19. The maximum atomic E-state index is 11.8. The number of piperidine rings is 1. The molecule has 0 aromatic carbocycles. The molecule has 4 nitrogen and oxygen atoms in total. The highest BCUT2D eigenvalue weighted by Crippen LogP contribution is 2.19. The average molecular weight is 211 g/mol. The number of hydrogen-bond acceptors (Lipinski definition) is 2. The van der Waals surface area contributed by atoms with Gasteiger partial charge in [0.05, 0.1) is 0 Å². The molecule has 1 amide bonds. The van der Waals surface area contributed by atoms with Crippen LogP contribution >= 0.6 is 0 Å². The molecule has 0 spiro atoms. The fraction of sp³-hybridized carbons (Fsp3) is 0.636. The van der Waals surface area contributed by atoms with E-state index in [9.17, 15) is 9.59 Å². The smallest absolute Gasteiger partial charge is 0.326 e. The summed E-state index contributed by atoms with van der Waals surface area (Å²) in [4.78, 5) is 24.3. The summed E-state index contributed by atoms with van der Waals surface area (Å²) < 4.78 is 0. The summed E-state index contributed by atoms with van der Waals surface area (Å²) in [6.45, 7) is 4.06. The van der Waals surface area contributed by atoms with Gasteiger partial charge in [0.15, 0.2) is 0 Å². The molecular formula is C11H17NO3. The Hall–Kier alpha value is -1.32. The Morgan fingerprint density at radius 3 is 2.60 bits per heavy atom. The lowest BCUT2D eigenvalue weighted by Crippen LogP contribution is -2.48. The second-order valence-corrected chi connectivity index (χ2v) is 3.82. The number of nitrogens with zero attached hydrogens (tertiary/aromatic N) is 1. The van der Waals surface area contributed by atoms with Gasteiger partial charge in [0, 0.05) is 12.1 Å². The summed E-state index contributed by atoms with van der Waals surface area (Å²) in [5.74, 6) is -1.04. The van der Waals surface area contributed by atoms with Crippen LogP contribution in [0.1, 0.15) is 33.1 Å². The van der Waals surface area contributed by atoms with E-state index in [1.165, 1.54) is 4.90 Å². The molecule has 0 radical (unpaired) electrons. The highest BCUT2D eigenvalue weighted by molar-refractivity contribution is 5.95. The predicted octanol–water partition coefficient (Wildman–Crippen LogP) is 1.42. The molecule has 1 unspecified atom stereocenters. The Kier molecular flexibility index (Phi) is 3.88. The highest BCUT2D eigenvalue weighted by atomic mass is 16.4. The van der Waals surface area contributed by atoms with Crippen molar-refractivity contribution in [1.29, 1.82) is 0 Å². The predicted molar refractivity (Wildman–Crippen MR) is 56.4 cm³/mol.